The van der Waals surface area contributed by atoms with E-state index >= 15 is 0 Å². The van der Waals surface area contributed by atoms with Gasteiger partial charge in [0.2, 0.25) is 0 Å². The molecule has 26 heavy (non-hydrogen) atoms. The van der Waals surface area contributed by atoms with Gasteiger partial charge in [-0.15, -0.1) is 0 Å². The van der Waals surface area contributed by atoms with Gasteiger partial charge in [-0.05, 0) is 42.0 Å². The average molecular weight is 412 g/mol. The Morgan fingerprint density at radius 1 is 1.23 bits per heavy atom. The van der Waals surface area contributed by atoms with Gasteiger partial charge >= 0.3 is 0 Å². The Bertz CT molecular complexity index is 926. The van der Waals surface area contributed by atoms with E-state index < -0.39 is 5.91 Å². The zero-order valence-electron chi connectivity index (χ0n) is 13.8. The largest absolute Gasteiger partial charge is 0.493 e. The fourth-order valence-electron chi connectivity index (χ4n) is 2.08. The summed E-state index contributed by atoms with van der Waals surface area (Å²) in [6.45, 7) is -0.107. The molecule has 0 atom stereocenters. The molecule has 0 bridgehead atoms. The van der Waals surface area contributed by atoms with Crippen molar-refractivity contribution in [2.24, 2.45) is 0 Å². The van der Waals surface area contributed by atoms with Crippen molar-refractivity contribution < 1.29 is 14.3 Å². The molecule has 0 saturated heterocycles. The molecule has 6 nitrogen and oxygen atoms in total. The van der Waals surface area contributed by atoms with Crippen molar-refractivity contribution in [3.8, 4) is 23.6 Å². The summed E-state index contributed by atoms with van der Waals surface area (Å²) in [6, 6.07) is 15.7. The normalized spacial score (nSPS) is 10.4. The molecule has 0 aliphatic rings. The van der Waals surface area contributed by atoms with Crippen LogP contribution in [0.25, 0.3) is 6.08 Å². The molecule has 0 radical (unpaired) electrons. The van der Waals surface area contributed by atoms with Crippen molar-refractivity contribution in [1.82, 2.24) is 0 Å². The van der Waals surface area contributed by atoms with Crippen LogP contribution in [0.5, 0.6) is 11.5 Å². The number of nitrogens with one attached hydrogen (secondary N) is 1. The van der Waals surface area contributed by atoms with Gasteiger partial charge in [0.1, 0.15) is 17.7 Å². The van der Waals surface area contributed by atoms with E-state index in [9.17, 15) is 10.1 Å². The van der Waals surface area contributed by atoms with Gasteiger partial charge < -0.3 is 14.8 Å². The quantitative estimate of drug-likeness (QED) is 0.574. The number of amides is 1. The Kier molecular flexibility index (Phi) is 6.78. The highest BCUT2D eigenvalue weighted by atomic mass is 79.9. The first kappa shape index (κ1) is 19.0. The first-order valence-electron chi connectivity index (χ1n) is 7.44. The summed E-state index contributed by atoms with van der Waals surface area (Å²) in [6.07, 6.45) is 1.45. The smallest absolute Gasteiger partial charge is 0.266 e. The second kappa shape index (κ2) is 9.26. The first-order valence-corrected chi connectivity index (χ1v) is 8.23. The molecular weight excluding hydrogens is 398 g/mol. The van der Waals surface area contributed by atoms with Gasteiger partial charge in [-0.25, -0.2) is 0 Å². The molecule has 0 aliphatic heterocycles. The zero-order valence-corrected chi connectivity index (χ0v) is 15.4. The number of nitriles is 2. The highest BCUT2D eigenvalue weighted by Gasteiger charge is 2.11. The Morgan fingerprint density at radius 3 is 2.69 bits per heavy atom. The SMILES string of the molecule is COc1cc(/C=C(/C#N)C(=O)Nc2cccc(Br)c2)ccc1OCC#N. The van der Waals surface area contributed by atoms with Gasteiger partial charge in [-0.2, -0.15) is 10.5 Å². The number of carbonyl (C=O) groups is 1. The van der Waals surface area contributed by atoms with E-state index in [0.29, 0.717) is 22.7 Å². The van der Waals surface area contributed by atoms with Crippen LogP contribution in [-0.2, 0) is 4.79 Å². The van der Waals surface area contributed by atoms with Crippen LogP contribution in [0.3, 0.4) is 0 Å². The number of rotatable bonds is 6. The third-order valence-corrected chi connectivity index (χ3v) is 3.73. The van der Waals surface area contributed by atoms with Gasteiger partial charge in [0.25, 0.3) is 5.91 Å². The number of hydrogen-bond donors (Lipinski definition) is 1. The van der Waals surface area contributed by atoms with E-state index in [1.807, 2.05) is 18.2 Å². The van der Waals surface area contributed by atoms with Crippen molar-refractivity contribution in [3.63, 3.8) is 0 Å². The van der Waals surface area contributed by atoms with Crippen molar-refractivity contribution in [1.29, 1.82) is 10.5 Å². The Balaban J connectivity index is 2.23. The Morgan fingerprint density at radius 2 is 2.04 bits per heavy atom. The highest BCUT2D eigenvalue weighted by Crippen LogP contribution is 2.29. The minimum absolute atomic E-state index is 0.0577. The van der Waals surface area contributed by atoms with Crippen molar-refractivity contribution in [2.45, 2.75) is 0 Å². The number of ether oxygens (including phenoxy) is 2. The maximum atomic E-state index is 12.3. The molecule has 2 aromatic carbocycles. The molecule has 0 fully saturated rings. The van der Waals surface area contributed by atoms with Gasteiger partial charge in [0.05, 0.1) is 7.11 Å². The Labute approximate surface area is 159 Å². The fraction of sp³-hybridized carbons (Fsp3) is 0.105. The van der Waals surface area contributed by atoms with E-state index in [1.165, 1.54) is 13.2 Å². The Hall–Kier alpha value is -3.29. The number of methoxy groups -OCH3 is 1. The minimum atomic E-state index is -0.519. The van der Waals surface area contributed by atoms with Crippen molar-refractivity contribution in [2.75, 3.05) is 19.0 Å². The summed E-state index contributed by atoms with van der Waals surface area (Å²) in [7, 11) is 1.47. The van der Waals surface area contributed by atoms with Gasteiger partial charge in [-0.3, -0.25) is 4.79 Å². The van der Waals surface area contributed by atoms with E-state index in [2.05, 4.69) is 21.2 Å². The van der Waals surface area contributed by atoms with Crippen molar-refractivity contribution >= 4 is 33.6 Å². The molecule has 0 aromatic heterocycles. The predicted octanol–water partition coefficient (Wildman–Crippen LogP) is 3.91. The number of halogens is 1. The van der Waals surface area contributed by atoms with Crippen LogP contribution in [0, 0.1) is 22.7 Å². The monoisotopic (exact) mass is 411 g/mol. The lowest BCUT2D eigenvalue weighted by atomic mass is 10.1. The molecule has 0 spiro atoms. The first-order chi connectivity index (χ1) is 12.6. The second-order valence-electron chi connectivity index (χ2n) is 4.99. The number of anilines is 1. The molecule has 2 rings (SSSR count). The lowest BCUT2D eigenvalue weighted by molar-refractivity contribution is -0.112. The van der Waals surface area contributed by atoms with E-state index in [4.69, 9.17) is 14.7 Å². The van der Waals surface area contributed by atoms with E-state index in [0.717, 1.165) is 4.47 Å². The maximum Gasteiger partial charge on any atom is 0.266 e. The summed E-state index contributed by atoms with van der Waals surface area (Å²) in [4.78, 5) is 12.3. The topological polar surface area (TPSA) is 95.1 Å². The summed E-state index contributed by atoms with van der Waals surface area (Å²) in [5, 5.41) is 20.6. The zero-order chi connectivity index (χ0) is 18.9. The molecule has 0 heterocycles. The maximum absolute atomic E-state index is 12.3. The van der Waals surface area contributed by atoms with Crippen LogP contribution in [-0.4, -0.2) is 19.6 Å². The van der Waals surface area contributed by atoms with Crippen LogP contribution in [0.15, 0.2) is 52.5 Å². The van der Waals surface area contributed by atoms with Crippen LogP contribution in [0.4, 0.5) is 5.69 Å². The molecule has 0 unspecified atom stereocenters. The molecule has 2 aromatic rings. The third-order valence-electron chi connectivity index (χ3n) is 3.24. The second-order valence-corrected chi connectivity index (χ2v) is 5.91. The fourth-order valence-corrected chi connectivity index (χ4v) is 2.48. The van der Waals surface area contributed by atoms with Gasteiger partial charge in [0.15, 0.2) is 18.1 Å². The number of hydrogen-bond acceptors (Lipinski definition) is 5. The number of nitrogens with zero attached hydrogens (tertiary/aromatic N) is 2. The molecule has 1 amide bonds. The van der Waals surface area contributed by atoms with E-state index in [-0.39, 0.29) is 12.2 Å². The van der Waals surface area contributed by atoms with Gasteiger partial charge in [0, 0.05) is 10.2 Å². The van der Waals surface area contributed by atoms with Crippen LogP contribution in [0.2, 0.25) is 0 Å². The van der Waals surface area contributed by atoms with Crippen LogP contribution in [0.1, 0.15) is 5.56 Å². The highest BCUT2D eigenvalue weighted by molar-refractivity contribution is 9.10. The molecule has 0 aliphatic carbocycles. The average Bonchev–Trinajstić information content (AvgIpc) is 2.64. The summed E-state index contributed by atoms with van der Waals surface area (Å²) < 4.78 is 11.3. The standard InChI is InChI=1S/C19H14BrN3O3/c1-25-18-10-13(5-6-17(18)26-8-7-21)9-14(12-22)19(24)23-16-4-2-3-15(20)11-16/h2-6,9-11H,8H2,1H3,(H,23,24)/b14-9-. The summed E-state index contributed by atoms with van der Waals surface area (Å²) in [5.41, 5.74) is 1.10. The minimum Gasteiger partial charge on any atom is -0.493 e. The molecule has 1 N–H and O–H groups in total. The lowest BCUT2D eigenvalue weighted by Gasteiger charge is -2.09. The summed E-state index contributed by atoms with van der Waals surface area (Å²) >= 11 is 3.32. The van der Waals surface area contributed by atoms with E-state index in [1.54, 1.807) is 36.4 Å². The lowest BCUT2D eigenvalue weighted by Crippen LogP contribution is -2.13. The molecular formula is C19H14BrN3O3. The molecule has 7 heteroatoms. The summed E-state index contributed by atoms with van der Waals surface area (Å²) in [5.74, 6) is 0.288. The molecule has 0 saturated carbocycles. The van der Waals surface area contributed by atoms with Crippen LogP contribution < -0.4 is 14.8 Å². The molecule has 130 valence electrons. The third kappa shape index (κ3) is 5.10. The number of carbonyl (C=O) groups excluding carboxylic acids is 1. The predicted molar refractivity (Wildman–Crippen MR) is 100 cm³/mol. The van der Waals surface area contributed by atoms with Gasteiger partial charge in [-0.1, -0.05) is 28.1 Å². The van der Waals surface area contributed by atoms with Crippen LogP contribution >= 0.6 is 15.9 Å². The number of benzene rings is 2. The van der Waals surface area contributed by atoms with Crippen molar-refractivity contribution in [3.05, 3.63) is 58.1 Å².